The third kappa shape index (κ3) is 4.11. The Labute approximate surface area is 149 Å². The van der Waals surface area contributed by atoms with Crippen LogP contribution in [0.25, 0.3) is 10.9 Å². The number of rotatable bonds is 6. The second kappa shape index (κ2) is 7.70. The Morgan fingerprint density at radius 1 is 0.885 bits per heavy atom. The van der Waals surface area contributed by atoms with Crippen LogP contribution in [0.4, 0.5) is 19.0 Å². The van der Waals surface area contributed by atoms with Crippen molar-refractivity contribution >= 4 is 16.7 Å². The number of aromatic nitrogens is 2. The molecule has 1 heterocycles. The smallest absolute Gasteiger partial charge is 0.159 e. The van der Waals surface area contributed by atoms with Gasteiger partial charge in [0.25, 0.3) is 0 Å². The van der Waals surface area contributed by atoms with Crippen LogP contribution in [0.1, 0.15) is 5.56 Å². The molecule has 0 saturated carbocycles. The molecule has 0 saturated heterocycles. The highest BCUT2D eigenvalue weighted by atomic mass is 19.2. The Hall–Kier alpha value is -2.67. The second-order valence-corrected chi connectivity index (χ2v) is 6.33. The first kappa shape index (κ1) is 18.1. The maximum Gasteiger partial charge on any atom is 0.159 e. The molecule has 26 heavy (non-hydrogen) atoms. The lowest BCUT2D eigenvalue weighted by molar-refractivity contribution is 0.412. The van der Waals surface area contributed by atoms with Crippen LogP contribution >= 0.6 is 0 Å². The van der Waals surface area contributed by atoms with E-state index in [1.165, 1.54) is 30.6 Å². The normalized spacial score (nSPS) is 11.3. The van der Waals surface area contributed by atoms with E-state index in [0.29, 0.717) is 41.9 Å². The van der Waals surface area contributed by atoms with E-state index in [0.717, 1.165) is 6.07 Å². The fourth-order valence-electron chi connectivity index (χ4n) is 2.71. The summed E-state index contributed by atoms with van der Waals surface area (Å²) in [7, 11) is 3.88. The molecule has 0 atom stereocenters. The summed E-state index contributed by atoms with van der Waals surface area (Å²) in [5.74, 6) is -1.60. The summed E-state index contributed by atoms with van der Waals surface area (Å²) in [6.07, 6.45) is 1.42. The summed E-state index contributed by atoms with van der Waals surface area (Å²) in [5, 5.41) is 0.578. The van der Waals surface area contributed by atoms with Crippen molar-refractivity contribution in [2.24, 2.45) is 0 Å². The number of halogens is 3. The second-order valence-electron chi connectivity index (χ2n) is 6.33. The summed E-state index contributed by atoms with van der Waals surface area (Å²) in [6.45, 7) is 1.60. The average Bonchev–Trinajstić information content (AvgIpc) is 2.61. The van der Waals surface area contributed by atoms with Gasteiger partial charge in [0.2, 0.25) is 0 Å². The van der Waals surface area contributed by atoms with Crippen molar-refractivity contribution < 1.29 is 13.2 Å². The summed E-state index contributed by atoms with van der Waals surface area (Å²) in [4.78, 5) is 12.4. The van der Waals surface area contributed by atoms with Crippen LogP contribution < -0.4 is 4.90 Å². The molecular weight excluding hydrogens is 341 g/mol. The van der Waals surface area contributed by atoms with Gasteiger partial charge < -0.3 is 9.80 Å². The lowest BCUT2D eigenvalue weighted by Gasteiger charge is -2.26. The molecule has 4 nitrogen and oxygen atoms in total. The van der Waals surface area contributed by atoms with Crippen molar-refractivity contribution in [2.45, 2.75) is 6.54 Å². The number of hydrogen-bond acceptors (Lipinski definition) is 4. The average molecular weight is 360 g/mol. The van der Waals surface area contributed by atoms with Gasteiger partial charge >= 0.3 is 0 Å². The summed E-state index contributed by atoms with van der Waals surface area (Å²) < 4.78 is 40.5. The quantitative estimate of drug-likeness (QED) is 0.672. The van der Waals surface area contributed by atoms with Crippen LogP contribution in [0, 0.1) is 17.5 Å². The first-order chi connectivity index (χ1) is 12.4. The molecule has 0 amide bonds. The van der Waals surface area contributed by atoms with Crippen molar-refractivity contribution in [1.82, 2.24) is 14.9 Å². The third-order valence-corrected chi connectivity index (χ3v) is 4.05. The molecule has 7 heteroatoms. The largest absolute Gasteiger partial charge is 0.350 e. The zero-order valence-corrected chi connectivity index (χ0v) is 14.6. The van der Waals surface area contributed by atoms with Crippen LogP contribution in [0.2, 0.25) is 0 Å². The SMILES string of the molecule is CN(C)CCN(Cc1ccc(F)c(F)c1)c1ncnc2ccc(F)cc12. The molecule has 3 aromatic rings. The van der Waals surface area contributed by atoms with E-state index in [1.54, 1.807) is 6.07 Å². The summed E-state index contributed by atoms with van der Waals surface area (Å²) in [6, 6.07) is 8.13. The molecule has 0 aliphatic rings. The molecule has 0 unspecified atom stereocenters. The van der Waals surface area contributed by atoms with Gasteiger partial charge in [-0.25, -0.2) is 23.1 Å². The maximum atomic E-state index is 13.7. The van der Waals surface area contributed by atoms with E-state index >= 15 is 0 Å². The fourth-order valence-corrected chi connectivity index (χ4v) is 2.71. The highest BCUT2D eigenvalue weighted by Crippen LogP contribution is 2.25. The molecule has 136 valence electrons. The van der Waals surface area contributed by atoms with Gasteiger partial charge in [0.05, 0.1) is 5.52 Å². The Morgan fingerprint density at radius 3 is 2.42 bits per heavy atom. The van der Waals surface area contributed by atoms with E-state index in [1.807, 2.05) is 23.9 Å². The predicted octanol–water partition coefficient (Wildman–Crippen LogP) is 3.62. The lowest BCUT2D eigenvalue weighted by Crippen LogP contribution is -2.32. The molecule has 0 bridgehead atoms. The van der Waals surface area contributed by atoms with Gasteiger partial charge in [-0.15, -0.1) is 0 Å². The number of hydrogen-bond donors (Lipinski definition) is 0. The molecule has 2 aromatic carbocycles. The van der Waals surface area contributed by atoms with Crippen LogP contribution in [-0.4, -0.2) is 42.1 Å². The number of likely N-dealkylation sites (N-methyl/N-ethyl adjacent to an activating group) is 1. The van der Waals surface area contributed by atoms with Gasteiger partial charge in [-0.2, -0.15) is 0 Å². The molecule has 0 radical (unpaired) electrons. The van der Waals surface area contributed by atoms with Crippen LogP contribution in [-0.2, 0) is 6.54 Å². The van der Waals surface area contributed by atoms with Crippen LogP contribution in [0.15, 0.2) is 42.7 Å². The summed E-state index contributed by atoms with van der Waals surface area (Å²) in [5.41, 5.74) is 1.22. The molecule has 0 aliphatic heterocycles. The monoisotopic (exact) mass is 360 g/mol. The van der Waals surface area contributed by atoms with Crippen LogP contribution in [0.5, 0.6) is 0 Å². The van der Waals surface area contributed by atoms with E-state index in [2.05, 4.69) is 9.97 Å². The topological polar surface area (TPSA) is 32.3 Å². The number of benzene rings is 2. The number of anilines is 1. The van der Waals surface area contributed by atoms with Gasteiger partial charge in [0.1, 0.15) is 18.0 Å². The number of nitrogens with zero attached hydrogens (tertiary/aromatic N) is 4. The molecule has 0 aliphatic carbocycles. The zero-order valence-electron chi connectivity index (χ0n) is 14.6. The van der Waals surface area contributed by atoms with E-state index in [4.69, 9.17) is 0 Å². The Morgan fingerprint density at radius 2 is 1.69 bits per heavy atom. The minimum absolute atomic E-state index is 0.313. The fraction of sp³-hybridized carbons (Fsp3) is 0.263. The van der Waals surface area contributed by atoms with E-state index < -0.39 is 11.6 Å². The van der Waals surface area contributed by atoms with Gasteiger partial charge in [-0.1, -0.05) is 6.07 Å². The Balaban J connectivity index is 2.00. The number of fused-ring (bicyclic) bond motifs is 1. The van der Waals surface area contributed by atoms with Crippen molar-refractivity contribution in [2.75, 3.05) is 32.1 Å². The third-order valence-electron chi connectivity index (χ3n) is 4.05. The predicted molar refractivity (Wildman–Crippen MR) is 95.5 cm³/mol. The first-order valence-corrected chi connectivity index (χ1v) is 8.18. The maximum absolute atomic E-state index is 13.7. The van der Waals surface area contributed by atoms with Crippen molar-refractivity contribution in [3.8, 4) is 0 Å². The highest BCUT2D eigenvalue weighted by molar-refractivity contribution is 5.89. The molecule has 0 N–H and O–H groups in total. The molecule has 1 aromatic heterocycles. The van der Waals surface area contributed by atoms with Gasteiger partial charge in [-0.3, -0.25) is 0 Å². The van der Waals surface area contributed by atoms with E-state index in [-0.39, 0.29) is 5.82 Å². The van der Waals surface area contributed by atoms with Gasteiger partial charge in [0, 0.05) is 25.0 Å². The van der Waals surface area contributed by atoms with Crippen molar-refractivity contribution in [1.29, 1.82) is 0 Å². The standard InChI is InChI=1S/C19H19F3N4/c1-25(2)7-8-26(11-13-3-5-16(21)17(22)9-13)19-15-10-14(20)4-6-18(15)23-12-24-19/h3-6,9-10,12H,7-8,11H2,1-2H3. The minimum atomic E-state index is -0.895. The molecular formula is C19H19F3N4. The lowest BCUT2D eigenvalue weighted by atomic mass is 10.1. The van der Waals surface area contributed by atoms with Crippen molar-refractivity contribution in [3.05, 3.63) is 65.7 Å². The van der Waals surface area contributed by atoms with Gasteiger partial charge in [0.15, 0.2) is 11.6 Å². The van der Waals surface area contributed by atoms with Crippen molar-refractivity contribution in [3.63, 3.8) is 0 Å². The molecule has 0 fully saturated rings. The highest BCUT2D eigenvalue weighted by Gasteiger charge is 2.15. The summed E-state index contributed by atoms with van der Waals surface area (Å²) >= 11 is 0. The molecule has 0 spiro atoms. The zero-order chi connectivity index (χ0) is 18.7. The Kier molecular flexibility index (Phi) is 5.37. The molecule has 3 rings (SSSR count). The first-order valence-electron chi connectivity index (χ1n) is 8.18. The Bertz CT molecular complexity index is 914. The minimum Gasteiger partial charge on any atom is -0.350 e. The van der Waals surface area contributed by atoms with E-state index in [9.17, 15) is 13.2 Å². The van der Waals surface area contributed by atoms with Crippen LogP contribution in [0.3, 0.4) is 0 Å². The van der Waals surface area contributed by atoms with Gasteiger partial charge in [-0.05, 0) is 50.0 Å².